The fourth-order valence-corrected chi connectivity index (χ4v) is 1.84. The number of hydrogen-bond acceptors (Lipinski definition) is 3. The molecule has 0 N–H and O–H groups in total. The van der Waals surface area contributed by atoms with Gasteiger partial charge in [0.1, 0.15) is 6.10 Å². The molecule has 0 bridgehead atoms. The largest absolute Gasteiger partial charge is 0.464 e. The molecule has 1 fully saturated rings. The minimum absolute atomic E-state index is 0.286. The highest BCUT2D eigenvalue weighted by Gasteiger charge is 2.30. The molecule has 1 rings (SSSR count). The standard InChI is InChI=1S/C8H11ClO3/c9-8(11)6-3-1-2-4-7(6)12-5-10/h5-7H,1-4H2. The van der Waals surface area contributed by atoms with Gasteiger partial charge in [-0.05, 0) is 30.9 Å². The highest BCUT2D eigenvalue weighted by atomic mass is 35.5. The maximum absolute atomic E-state index is 10.9. The second-order valence-electron chi connectivity index (χ2n) is 2.97. The van der Waals surface area contributed by atoms with Gasteiger partial charge in [0.25, 0.3) is 6.47 Å². The van der Waals surface area contributed by atoms with E-state index in [0.29, 0.717) is 6.47 Å². The lowest BCUT2D eigenvalue weighted by molar-refractivity contribution is -0.140. The third-order valence-electron chi connectivity index (χ3n) is 2.22. The van der Waals surface area contributed by atoms with Crippen molar-refractivity contribution < 1.29 is 14.3 Å². The summed E-state index contributed by atoms with van der Waals surface area (Å²) in [7, 11) is 0. The molecular formula is C8H11ClO3. The van der Waals surface area contributed by atoms with Crippen LogP contribution < -0.4 is 0 Å². The van der Waals surface area contributed by atoms with Crippen molar-refractivity contribution >= 4 is 23.3 Å². The first-order valence-electron chi connectivity index (χ1n) is 4.04. The van der Waals surface area contributed by atoms with Crippen LogP contribution in [0.15, 0.2) is 0 Å². The maximum Gasteiger partial charge on any atom is 0.293 e. The Balaban J connectivity index is 2.53. The van der Waals surface area contributed by atoms with Crippen LogP contribution in [0.3, 0.4) is 0 Å². The van der Waals surface area contributed by atoms with Crippen LogP contribution in [0, 0.1) is 5.92 Å². The van der Waals surface area contributed by atoms with E-state index in [1.165, 1.54) is 0 Å². The van der Waals surface area contributed by atoms with Crippen LogP contribution in [-0.4, -0.2) is 17.8 Å². The number of rotatable bonds is 3. The summed E-state index contributed by atoms with van der Waals surface area (Å²) in [5.74, 6) is -0.286. The molecule has 0 heterocycles. The normalized spacial score (nSPS) is 29.4. The average molecular weight is 191 g/mol. The average Bonchev–Trinajstić information content (AvgIpc) is 2.05. The first-order chi connectivity index (χ1) is 5.75. The van der Waals surface area contributed by atoms with E-state index in [9.17, 15) is 9.59 Å². The molecule has 0 saturated heterocycles. The molecule has 3 nitrogen and oxygen atoms in total. The first-order valence-corrected chi connectivity index (χ1v) is 4.42. The summed E-state index contributed by atoms with van der Waals surface area (Å²) in [5, 5.41) is -0.387. The van der Waals surface area contributed by atoms with Crippen molar-refractivity contribution in [2.24, 2.45) is 5.92 Å². The number of carbonyl (C=O) groups excluding carboxylic acids is 2. The lowest BCUT2D eigenvalue weighted by atomic mass is 9.87. The van der Waals surface area contributed by atoms with Gasteiger partial charge in [0, 0.05) is 0 Å². The van der Waals surface area contributed by atoms with Crippen LogP contribution in [0.4, 0.5) is 0 Å². The van der Waals surface area contributed by atoms with Crippen molar-refractivity contribution in [1.29, 1.82) is 0 Å². The van der Waals surface area contributed by atoms with Gasteiger partial charge in [-0.1, -0.05) is 6.42 Å². The first kappa shape index (κ1) is 9.52. The van der Waals surface area contributed by atoms with Gasteiger partial charge in [-0.25, -0.2) is 0 Å². The third kappa shape index (κ3) is 2.21. The summed E-state index contributed by atoms with van der Waals surface area (Å²) < 4.78 is 4.77. The predicted octanol–water partition coefficient (Wildman–Crippen LogP) is 1.48. The monoisotopic (exact) mass is 190 g/mol. The Kier molecular flexibility index (Phi) is 3.53. The predicted molar refractivity (Wildman–Crippen MR) is 43.8 cm³/mol. The van der Waals surface area contributed by atoms with Gasteiger partial charge in [-0.3, -0.25) is 9.59 Å². The zero-order valence-corrected chi connectivity index (χ0v) is 7.42. The van der Waals surface area contributed by atoms with Crippen LogP contribution in [0.1, 0.15) is 25.7 Å². The molecule has 2 unspecified atom stereocenters. The number of hydrogen-bond donors (Lipinski definition) is 0. The second-order valence-corrected chi connectivity index (χ2v) is 3.34. The van der Waals surface area contributed by atoms with Gasteiger partial charge in [0.15, 0.2) is 0 Å². The fraction of sp³-hybridized carbons (Fsp3) is 0.750. The van der Waals surface area contributed by atoms with Gasteiger partial charge in [0.05, 0.1) is 5.92 Å². The molecule has 2 atom stereocenters. The van der Waals surface area contributed by atoms with Crippen molar-refractivity contribution in [3.8, 4) is 0 Å². The van der Waals surface area contributed by atoms with E-state index in [0.717, 1.165) is 25.7 Å². The summed E-state index contributed by atoms with van der Waals surface area (Å²) in [6, 6.07) is 0. The Morgan fingerprint density at radius 3 is 2.67 bits per heavy atom. The minimum Gasteiger partial charge on any atom is -0.464 e. The van der Waals surface area contributed by atoms with Crippen molar-refractivity contribution in [3.63, 3.8) is 0 Å². The zero-order valence-electron chi connectivity index (χ0n) is 6.66. The summed E-state index contributed by atoms with van der Waals surface area (Å²) in [6.07, 6.45) is 3.19. The molecule has 12 heavy (non-hydrogen) atoms. The van der Waals surface area contributed by atoms with E-state index in [2.05, 4.69) is 0 Å². The van der Waals surface area contributed by atoms with Crippen LogP contribution in [-0.2, 0) is 14.3 Å². The SMILES string of the molecule is O=COC1CCCCC1C(=O)Cl. The molecule has 0 aromatic heterocycles. The van der Waals surface area contributed by atoms with Gasteiger partial charge in [-0.15, -0.1) is 0 Å². The molecule has 0 spiro atoms. The van der Waals surface area contributed by atoms with Crippen LogP contribution >= 0.6 is 11.6 Å². The zero-order chi connectivity index (χ0) is 8.97. The Morgan fingerprint density at radius 2 is 2.08 bits per heavy atom. The molecule has 0 aliphatic heterocycles. The lowest BCUT2D eigenvalue weighted by Gasteiger charge is -2.26. The molecule has 68 valence electrons. The number of carbonyl (C=O) groups is 2. The van der Waals surface area contributed by atoms with E-state index >= 15 is 0 Å². The fourth-order valence-electron chi connectivity index (χ4n) is 1.59. The summed E-state index contributed by atoms with van der Waals surface area (Å²) >= 11 is 5.35. The second kappa shape index (κ2) is 4.45. The number of ether oxygens (including phenoxy) is 1. The summed E-state index contributed by atoms with van der Waals surface area (Å²) in [4.78, 5) is 20.9. The number of halogens is 1. The van der Waals surface area contributed by atoms with E-state index < -0.39 is 0 Å². The van der Waals surface area contributed by atoms with Gasteiger partial charge in [-0.2, -0.15) is 0 Å². The van der Waals surface area contributed by atoms with Crippen LogP contribution in [0.5, 0.6) is 0 Å². The summed E-state index contributed by atoms with van der Waals surface area (Å²) in [6.45, 7) is 0.392. The molecule has 4 heteroatoms. The Bertz CT molecular complexity index is 181. The van der Waals surface area contributed by atoms with Gasteiger partial charge in [0.2, 0.25) is 5.24 Å². The topological polar surface area (TPSA) is 43.4 Å². The van der Waals surface area contributed by atoms with Gasteiger partial charge >= 0.3 is 0 Å². The van der Waals surface area contributed by atoms with Crippen molar-refractivity contribution in [1.82, 2.24) is 0 Å². The highest BCUT2D eigenvalue weighted by Crippen LogP contribution is 2.28. The van der Waals surface area contributed by atoms with Gasteiger partial charge < -0.3 is 4.74 Å². The van der Waals surface area contributed by atoms with E-state index in [-0.39, 0.29) is 17.3 Å². The van der Waals surface area contributed by atoms with E-state index in [1.54, 1.807) is 0 Å². The lowest BCUT2D eigenvalue weighted by Crippen LogP contribution is -2.31. The van der Waals surface area contributed by atoms with Crippen molar-refractivity contribution in [2.45, 2.75) is 31.8 Å². The summed E-state index contributed by atoms with van der Waals surface area (Å²) in [5.41, 5.74) is 0. The minimum atomic E-state index is -0.387. The van der Waals surface area contributed by atoms with Crippen LogP contribution in [0.25, 0.3) is 0 Å². The smallest absolute Gasteiger partial charge is 0.293 e. The van der Waals surface area contributed by atoms with Crippen molar-refractivity contribution in [2.75, 3.05) is 0 Å². The Labute approximate surface area is 76.0 Å². The quantitative estimate of drug-likeness (QED) is 0.500. The van der Waals surface area contributed by atoms with Crippen LogP contribution in [0.2, 0.25) is 0 Å². The molecule has 1 aliphatic rings. The Hall–Kier alpha value is -0.570. The Morgan fingerprint density at radius 1 is 1.42 bits per heavy atom. The molecule has 0 radical (unpaired) electrons. The molecule has 0 aromatic rings. The molecular weight excluding hydrogens is 180 g/mol. The van der Waals surface area contributed by atoms with E-state index in [4.69, 9.17) is 16.3 Å². The molecule has 1 saturated carbocycles. The molecule has 0 amide bonds. The van der Waals surface area contributed by atoms with Crippen molar-refractivity contribution in [3.05, 3.63) is 0 Å². The van der Waals surface area contributed by atoms with E-state index in [1.807, 2.05) is 0 Å². The third-order valence-corrected chi connectivity index (χ3v) is 2.50. The molecule has 1 aliphatic carbocycles. The highest BCUT2D eigenvalue weighted by molar-refractivity contribution is 6.64. The maximum atomic E-state index is 10.9. The molecule has 0 aromatic carbocycles.